The van der Waals surface area contributed by atoms with Crippen molar-refractivity contribution >= 4 is 47.8 Å². The van der Waals surface area contributed by atoms with Gasteiger partial charge >= 0.3 is 0 Å². The fourth-order valence-corrected chi connectivity index (χ4v) is 4.30. The predicted molar refractivity (Wildman–Crippen MR) is 85.1 cm³/mol. The number of hydrogen-bond donors (Lipinski definition) is 1. The van der Waals surface area contributed by atoms with Crippen molar-refractivity contribution in [1.29, 1.82) is 0 Å². The zero-order valence-corrected chi connectivity index (χ0v) is 15.4. The maximum Gasteiger partial charge on any atom is 0.243 e. The van der Waals surface area contributed by atoms with Crippen molar-refractivity contribution in [1.82, 2.24) is 9.62 Å². The van der Waals surface area contributed by atoms with E-state index in [9.17, 15) is 13.2 Å². The first-order valence-electron chi connectivity index (χ1n) is 5.82. The number of benzene rings is 1. The van der Waals surface area contributed by atoms with Gasteiger partial charge in [0.2, 0.25) is 15.9 Å². The zero-order chi connectivity index (χ0) is 15.5. The van der Waals surface area contributed by atoms with Gasteiger partial charge in [0.05, 0.1) is 4.90 Å². The quantitative estimate of drug-likeness (QED) is 0.783. The molecule has 0 heterocycles. The maximum atomic E-state index is 12.5. The largest absolute Gasteiger partial charge is 0.359 e. The van der Waals surface area contributed by atoms with E-state index in [1.165, 1.54) is 18.4 Å². The summed E-state index contributed by atoms with van der Waals surface area (Å²) in [5, 5.41) is 2.46. The molecule has 0 unspecified atom stereocenters. The van der Waals surface area contributed by atoms with E-state index in [1.807, 2.05) is 6.92 Å². The summed E-state index contributed by atoms with van der Waals surface area (Å²) < 4.78 is 27.3. The predicted octanol–water partition coefficient (Wildman–Crippen LogP) is 2.28. The Balaban J connectivity index is 3.04. The average Bonchev–Trinajstić information content (AvgIpc) is 2.39. The van der Waals surface area contributed by atoms with E-state index in [2.05, 4.69) is 37.2 Å². The molecule has 20 heavy (non-hydrogen) atoms. The van der Waals surface area contributed by atoms with Crippen molar-refractivity contribution in [2.24, 2.45) is 0 Å². The van der Waals surface area contributed by atoms with Crippen molar-refractivity contribution in [2.45, 2.75) is 18.2 Å². The zero-order valence-electron chi connectivity index (χ0n) is 11.4. The summed E-state index contributed by atoms with van der Waals surface area (Å²) >= 11 is 6.60. The number of aryl methyl sites for hydroxylation is 1. The molecule has 1 amide bonds. The van der Waals surface area contributed by atoms with Gasteiger partial charge in [-0.15, -0.1) is 0 Å². The molecule has 0 fully saturated rings. The van der Waals surface area contributed by atoms with Crippen LogP contribution in [-0.2, 0) is 14.8 Å². The van der Waals surface area contributed by atoms with Crippen LogP contribution < -0.4 is 5.32 Å². The van der Waals surface area contributed by atoms with E-state index >= 15 is 0 Å². The molecule has 1 N–H and O–H groups in total. The Morgan fingerprint density at radius 1 is 1.30 bits per heavy atom. The highest BCUT2D eigenvalue weighted by Crippen LogP contribution is 2.30. The van der Waals surface area contributed by atoms with E-state index in [4.69, 9.17) is 0 Å². The number of hydrogen-bond acceptors (Lipinski definition) is 3. The lowest BCUT2D eigenvalue weighted by molar-refractivity contribution is -0.120. The van der Waals surface area contributed by atoms with Crippen LogP contribution in [0.4, 0.5) is 0 Å². The van der Waals surface area contributed by atoms with Crippen LogP contribution in [0.25, 0.3) is 0 Å². The van der Waals surface area contributed by atoms with Gasteiger partial charge in [0.25, 0.3) is 0 Å². The first-order chi connectivity index (χ1) is 9.20. The van der Waals surface area contributed by atoms with Crippen LogP contribution in [0.2, 0.25) is 0 Å². The lowest BCUT2D eigenvalue weighted by atomic mass is 10.2. The second kappa shape index (κ2) is 7.02. The molecule has 0 spiro atoms. The first-order valence-corrected chi connectivity index (χ1v) is 8.85. The maximum absolute atomic E-state index is 12.5. The van der Waals surface area contributed by atoms with E-state index in [0.717, 1.165) is 10.0 Å². The number of halogens is 2. The van der Waals surface area contributed by atoms with Crippen LogP contribution in [0.3, 0.4) is 0 Å². The van der Waals surface area contributed by atoms with Crippen molar-refractivity contribution in [3.63, 3.8) is 0 Å². The molecule has 0 aliphatic carbocycles. The molecular weight excluding hydrogens is 412 g/mol. The second-order valence-electron chi connectivity index (χ2n) is 4.28. The number of carbonyl (C=O) groups is 1. The minimum atomic E-state index is -3.64. The summed E-state index contributed by atoms with van der Waals surface area (Å²) in [6, 6.07) is 3.30. The molecule has 0 aromatic heterocycles. The average molecular weight is 428 g/mol. The molecule has 0 saturated heterocycles. The van der Waals surface area contributed by atoms with Crippen molar-refractivity contribution in [2.75, 3.05) is 20.6 Å². The molecule has 5 nitrogen and oxygen atoms in total. The molecule has 0 atom stereocenters. The number of amides is 1. The summed E-state index contributed by atoms with van der Waals surface area (Å²) in [5.74, 6) is -0.198. The smallest absolute Gasteiger partial charge is 0.243 e. The Morgan fingerprint density at radius 2 is 1.90 bits per heavy atom. The molecular formula is C12H16Br2N2O3S. The van der Waals surface area contributed by atoms with E-state index < -0.39 is 10.0 Å². The van der Waals surface area contributed by atoms with Crippen LogP contribution in [0.15, 0.2) is 26.0 Å². The molecule has 1 aromatic carbocycles. The van der Waals surface area contributed by atoms with Crippen molar-refractivity contribution < 1.29 is 13.2 Å². The third kappa shape index (κ3) is 4.03. The molecule has 0 bridgehead atoms. The Labute approximate surface area is 136 Å². The summed E-state index contributed by atoms with van der Waals surface area (Å²) in [6.45, 7) is 2.00. The van der Waals surface area contributed by atoms with Gasteiger partial charge in [-0.1, -0.05) is 15.9 Å². The molecule has 1 rings (SSSR count). The van der Waals surface area contributed by atoms with E-state index in [1.54, 1.807) is 12.1 Å². The second-order valence-corrected chi connectivity index (χ2v) is 8.00. The molecule has 1 aromatic rings. The molecule has 8 heteroatoms. The highest BCUT2D eigenvalue weighted by Gasteiger charge is 2.24. The van der Waals surface area contributed by atoms with Crippen LogP contribution in [0.5, 0.6) is 0 Å². The minimum absolute atomic E-state index is 0.122. The van der Waals surface area contributed by atoms with Crippen LogP contribution >= 0.6 is 31.9 Å². The summed E-state index contributed by atoms with van der Waals surface area (Å²) in [5.41, 5.74) is 0.934. The molecule has 0 aliphatic rings. The summed E-state index contributed by atoms with van der Waals surface area (Å²) in [4.78, 5) is 11.4. The molecule has 112 valence electrons. The minimum Gasteiger partial charge on any atom is -0.359 e. The van der Waals surface area contributed by atoms with Gasteiger partial charge in [0.15, 0.2) is 0 Å². The molecule has 0 aliphatic heterocycles. The number of nitrogens with one attached hydrogen (secondary N) is 1. The SMILES string of the molecule is CNC(=O)CCN(C)S(=O)(=O)c1cc(Br)c(C)cc1Br. The number of nitrogens with zero attached hydrogens (tertiary/aromatic N) is 1. The van der Waals surface area contributed by atoms with Gasteiger partial charge in [0, 0.05) is 36.0 Å². The number of rotatable bonds is 5. The normalized spacial score (nSPS) is 11.7. The van der Waals surface area contributed by atoms with Crippen LogP contribution in [-0.4, -0.2) is 39.3 Å². The van der Waals surface area contributed by atoms with Gasteiger partial charge in [-0.05, 0) is 40.5 Å². The van der Waals surface area contributed by atoms with Gasteiger partial charge in [-0.3, -0.25) is 4.79 Å². The highest BCUT2D eigenvalue weighted by atomic mass is 79.9. The fraction of sp³-hybridized carbons (Fsp3) is 0.417. The number of sulfonamides is 1. The van der Waals surface area contributed by atoms with Gasteiger partial charge in [-0.25, -0.2) is 12.7 Å². The van der Waals surface area contributed by atoms with Gasteiger partial charge < -0.3 is 5.32 Å². The summed E-state index contributed by atoms with van der Waals surface area (Å²) in [7, 11) is -0.661. The Hall–Kier alpha value is -0.440. The van der Waals surface area contributed by atoms with E-state index in [-0.39, 0.29) is 23.8 Å². The third-order valence-corrected chi connectivity index (χ3v) is 6.50. The third-order valence-electron chi connectivity index (χ3n) is 2.83. The Morgan fingerprint density at radius 3 is 2.45 bits per heavy atom. The van der Waals surface area contributed by atoms with Crippen molar-refractivity contribution in [3.05, 3.63) is 26.6 Å². The first kappa shape index (κ1) is 17.6. The fourth-order valence-electron chi connectivity index (χ4n) is 1.50. The highest BCUT2D eigenvalue weighted by molar-refractivity contribution is 9.11. The lowest BCUT2D eigenvalue weighted by Gasteiger charge is -2.18. The summed E-state index contributed by atoms with van der Waals surface area (Å²) in [6.07, 6.45) is 0.122. The van der Waals surface area contributed by atoms with Gasteiger partial charge in [0.1, 0.15) is 0 Å². The van der Waals surface area contributed by atoms with Crippen LogP contribution in [0.1, 0.15) is 12.0 Å². The molecule has 0 saturated carbocycles. The standard InChI is InChI=1S/C12H16Br2N2O3S/c1-8-6-10(14)11(7-9(8)13)20(18,19)16(3)5-4-12(17)15-2/h6-7H,4-5H2,1-3H3,(H,15,17). The van der Waals surface area contributed by atoms with Gasteiger partial charge in [-0.2, -0.15) is 0 Å². The van der Waals surface area contributed by atoms with Crippen LogP contribution in [0, 0.1) is 6.92 Å². The Kier molecular flexibility index (Phi) is 6.18. The number of carbonyl (C=O) groups excluding carboxylic acids is 1. The lowest BCUT2D eigenvalue weighted by Crippen LogP contribution is -2.31. The van der Waals surface area contributed by atoms with E-state index in [0.29, 0.717) is 4.47 Å². The Bertz CT molecular complexity index is 617. The monoisotopic (exact) mass is 426 g/mol. The topological polar surface area (TPSA) is 66.5 Å². The van der Waals surface area contributed by atoms with Crippen molar-refractivity contribution in [3.8, 4) is 0 Å². The molecule has 0 radical (unpaired) electrons.